The topological polar surface area (TPSA) is 48.8 Å². The second kappa shape index (κ2) is 8.21. The average Bonchev–Trinajstić information content (AvgIpc) is 2.49. The van der Waals surface area contributed by atoms with Gasteiger partial charge in [-0.2, -0.15) is 0 Å². The van der Waals surface area contributed by atoms with Crippen LogP contribution in [0.1, 0.15) is 13.8 Å². The van der Waals surface area contributed by atoms with Crippen molar-refractivity contribution in [1.29, 1.82) is 0 Å². The summed E-state index contributed by atoms with van der Waals surface area (Å²) in [4.78, 5) is 15.4. The van der Waals surface area contributed by atoms with Crippen LogP contribution in [0.15, 0.2) is 24.3 Å². The van der Waals surface area contributed by atoms with Crippen LogP contribution >= 0.6 is 12.2 Å². The number of amides is 1. The highest BCUT2D eigenvalue weighted by molar-refractivity contribution is 7.80. The first-order valence-corrected chi connectivity index (χ1v) is 8.29. The lowest BCUT2D eigenvalue weighted by molar-refractivity contribution is -0.895. The van der Waals surface area contributed by atoms with Crippen LogP contribution in [0.3, 0.4) is 0 Å². The maximum Gasteiger partial charge on any atom is 0.279 e. The molecule has 0 spiro atoms. The van der Waals surface area contributed by atoms with Crippen molar-refractivity contribution in [2.45, 2.75) is 19.9 Å². The van der Waals surface area contributed by atoms with Gasteiger partial charge in [0.15, 0.2) is 11.7 Å². The number of rotatable bonds is 4. The molecule has 0 saturated carbocycles. The molecule has 3 N–H and O–H groups in total. The summed E-state index contributed by atoms with van der Waals surface area (Å²) in [5.74, 6) is -0.362. The molecule has 1 aliphatic rings. The van der Waals surface area contributed by atoms with Crippen molar-refractivity contribution < 1.29 is 14.1 Å². The number of carbonyl (C=O) groups excluding carboxylic acids is 1. The number of piperazine rings is 1. The Morgan fingerprint density at radius 2 is 1.91 bits per heavy atom. The van der Waals surface area contributed by atoms with E-state index in [2.05, 4.69) is 29.4 Å². The van der Waals surface area contributed by atoms with Gasteiger partial charge in [-0.1, -0.05) is 0 Å². The van der Waals surface area contributed by atoms with Crippen LogP contribution in [0.4, 0.5) is 10.1 Å². The molecule has 1 aromatic carbocycles. The van der Waals surface area contributed by atoms with Gasteiger partial charge in [-0.05, 0) is 50.3 Å². The fraction of sp³-hybridized carbons (Fsp3) is 0.500. The quantitative estimate of drug-likeness (QED) is 0.688. The fourth-order valence-corrected chi connectivity index (χ4v) is 2.92. The van der Waals surface area contributed by atoms with Crippen LogP contribution in [-0.2, 0) is 4.79 Å². The minimum absolute atomic E-state index is 0.0528. The van der Waals surface area contributed by atoms with Crippen molar-refractivity contribution in [3.05, 3.63) is 30.1 Å². The van der Waals surface area contributed by atoms with Crippen molar-refractivity contribution >= 4 is 28.9 Å². The highest BCUT2D eigenvalue weighted by atomic mass is 32.1. The third kappa shape index (κ3) is 5.76. The molecule has 23 heavy (non-hydrogen) atoms. The van der Waals surface area contributed by atoms with E-state index in [1.807, 2.05) is 0 Å². The number of hydrogen-bond acceptors (Lipinski definition) is 2. The number of nitrogens with one attached hydrogen (secondary N) is 3. The average molecular weight is 339 g/mol. The van der Waals surface area contributed by atoms with E-state index >= 15 is 0 Å². The van der Waals surface area contributed by atoms with Gasteiger partial charge in [0.1, 0.15) is 5.82 Å². The van der Waals surface area contributed by atoms with Crippen molar-refractivity contribution in [2.75, 3.05) is 38.0 Å². The van der Waals surface area contributed by atoms with Gasteiger partial charge < -0.3 is 20.4 Å². The zero-order valence-electron chi connectivity index (χ0n) is 13.6. The molecule has 1 heterocycles. The molecule has 1 amide bonds. The molecule has 7 heteroatoms. The first kappa shape index (κ1) is 17.6. The molecule has 0 aliphatic carbocycles. The first-order valence-electron chi connectivity index (χ1n) is 7.88. The fourth-order valence-electron chi connectivity index (χ4n) is 2.51. The number of thiocarbonyl (C=S) groups is 1. The zero-order chi connectivity index (χ0) is 16.8. The molecule has 0 bridgehead atoms. The summed E-state index contributed by atoms with van der Waals surface area (Å²) in [6.45, 7) is 7.97. The van der Waals surface area contributed by atoms with E-state index in [1.54, 1.807) is 12.1 Å². The maximum atomic E-state index is 12.8. The molecular weight excluding hydrogens is 315 g/mol. The predicted molar refractivity (Wildman–Crippen MR) is 93.0 cm³/mol. The third-order valence-corrected chi connectivity index (χ3v) is 4.08. The lowest BCUT2D eigenvalue weighted by Crippen LogP contribution is -3.15. The minimum Gasteiger partial charge on any atom is -0.360 e. The lowest BCUT2D eigenvalue weighted by Gasteiger charge is -2.34. The number of nitrogens with zero attached hydrogens (tertiary/aromatic N) is 1. The van der Waals surface area contributed by atoms with Gasteiger partial charge in [-0.15, -0.1) is 0 Å². The second-order valence-corrected chi connectivity index (χ2v) is 6.46. The summed E-state index contributed by atoms with van der Waals surface area (Å²) in [5, 5.41) is 6.83. The van der Waals surface area contributed by atoms with Crippen LogP contribution in [0, 0.1) is 5.82 Å². The van der Waals surface area contributed by atoms with Gasteiger partial charge in [-0.3, -0.25) is 4.79 Å². The Kier molecular flexibility index (Phi) is 6.29. The lowest BCUT2D eigenvalue weighted by atomic mass is 10.3. The summed E-state index contributed by atoms with van der Waals surface area (Å²) in [5.41, 5.74) is 0.622. The van der Waals surface area contributed by atoms with Gasteiger partial charge in [0.2, 0.25) is 0 Å². The Morgan fingerprint density at radius 1 is 1.30 bits per heavy atom. The molecule has 1 aliphatic heterocycles. The predicted octanol–water partition coefficient (Wildman–Crippen LogP) is 0.248. The zero-order valence-corrected chi connectivity index (χ0v) is 14.4. The minimum atomic E-state index is -0.310. The Morgan fingerprint density at radius 3 is 2.48 bits per heavy atom. The van der Waals surface area contributed by atoms with Gasteiger partial charge >= 0.3 is 0 Å². The second-order valence-electron chi connectivity index (χ2n) is 6.07. The number of halogens is 1. The number of carbonyl (C=O) groups is 1. The summed E-state index contributed by atoms with van der Waals surface area (Å²) in [7, 11) is 0. The standard InChI is InChI=1S/C16H23FN4OS/c1-12(2)18-16(23)21-9-7-20(8-10-21)11-15(22)19-14-5-3-13(17)4-6-14/h3-6,12H,7-11H2,1-2H3,(H,18,23)(H,19,22)/p+1. The van der Waals surface area contributed by atoms with Crippen molar-refractivity contribution in [3.63, 3.8) is 0 Å². The monoisotopic (exact) mass is 339 g/mol. The summed E-state index contributed by atoms with van der Waals surface area (Å²) in [6, 6.07) is 6.13. The number of hydrogen-bond donors (Lipinski definition) is 3. The van der Waals surface area contributed by atoms with Crippen LogP contribution < -0.4 is 15.5 Å². The smallest absolute Gasteiger partial charge is 0.279 e. The number of quaternary nitrogens is 1. The van der Waals surface area contributed by atoms with Crippen LogP contribution in [-0.4, -0.2) is 54.7 Å². The Balaban J connectivity index is 1.74. The SMILES string of the molecule is CC(C)NC(=S)N1CC[NH+](CC(=O)Nc2ccc(F)cc2)CC1. The molecule has 0 radical (unpaired) electrons. The Hall–Kier alpha value is -1.73. The highest BCUT2D eigenvalue weighted by Gasteiger charge is 2.23. The van der Waals surface area contributed by atoms with E-state index in [4.69, 9.17) is 12.2 Å². The molecule has 0 unspecified atom stereocenters. The largest absolute Gasteiger partial charge is 0.360 e. The van der Waals surface area contributed by atoms with E-state index in [0.717, 1.165) is 31.3 Å². The Bertz CT molecular complexity index is 542. The van der Waals surface area contributed by atoms with Crippen molar-refractivity contribution in [1.82, 2.24) is 10.2 Å². The van der Waals surface area contributed by atoms with Crippen LogP contribution in [0.5, 0.6) is 0 Å². The van der Waals surface area contributed by atoms with E-state index < -0.39 is 0 Å². The molecule has 0 aromatic heterocycles. The summed E-state index contributed by atoms with van der Waals surface area (Å²) >= 11 is 5.37. The normalized spacial score (nSPS) is 15.6. The third-order valence-electron chi connectivity index (χ3n) is 3.71. The van der Waals surface area contributed by atoms with Gasteiger partial charge in [0.25, 0.3) is 5.91 Å². The van der Waals surface area contributed by atoms with E-state index in [-0.39, 0.29) is 11.7 Å². The van der Waals surface area contributed by atoms with Crippen LogP contribution in [0.2, 0.25) is 0 Å². The van der Waals surface area contributed by atoms with E-state index in [9.17, 15) is 9.18 Å². The summed E-state index contributed by atoms with van der Waals surface area (Å²) in [6.07, 6.45) is 0. The number of benzene rings is 1. The van der Waals surface area contributed by atoms with E-state index in [0.29, 0.717) is 18.3 Å². The first-order chi connectivity index (χ1) is 10.9. The molecule has 5 nitrogen and oxygen atoms in total. The Labute approximate surface area is 141 Å². The van der Waals surface area contributed by atoms with Gasteiger partial charge in [-0.25, -0.2) is 4.39 Å². The molecule has 1 saturated heterocycles. The highest BCUT2D eigenvalue weighted by Crippen LogP contribution is 2.07. The van der Waals surface area contributed by atoms with Crippen molar-refractivity contribution in [3.8, 4) is 0 Å². The molecule has 1 aromatic rings. The van der Waals surface area contributed by atoms with Gasteiger partial charge in [0.05, 0.1) is 26.2 Å². The molecule has 1 fully saturated rings. The maximum absolute atomic E-state index is 12.8. The van der Waals surface area contributed by atoms with E-state index in [1.165, 1.54) is 17.0 Å². The number of anilines is 1. The summed E-state index contributed by atoms with van der Waals surface area (Å²) < 4.78 is 12.8. The molecule has 2 rings (SSSR count). The van der Waals surface area contributed by atoms with Gasteiger partial charge in [0, 0.05) is 11.7 Å². The molecular formula is C16H24FN4OS+. The van der Waals surface area contributed by atoms with Crippen molar-refractivity contribution in [2.24, 2.45) is 0 Å². The molecule has 0 atom stereocenters. The van der Waals surface area contributed by atoms with Crippen LogP contribution in [0.25, 0.3) is 0 Å². The molecule has 126 valence electrons.